The van der Waals surface area contributed by atoms with E-state index in [2.05, 4.69) is 5.10 Å². The lowest BCUT2D eigenvalue weighted by Crippen LogP contribution is -2.34. The number of ether oxygens (including phenoxy) is 1. The van der Waals surface area contributed by atoms with E-state index in [1.807, 2.05) is 60.4 Å². The van der Waals surface area contributed by atoms with E-state index in [-0.39, 0.29) is 12.2 Å². The van der Waals surface area contributed by atoms with Gasteiger partial charge in [0.15, 0.2) is 12.4 Å². The molecule has 0 bridgehead atoms. The van der Waals surface area contributed by atoms with Crippen molar-refractivity contribution in [1.29, 1.82) is 0 Å². The fourth-order valence-corrected chi connectivity index (χ4v) is 2.78. The minimum Gasteiger partial charge on any atom is -0.748 e. The molecule has 0 saturated heterocycles. The second-order valence-corrected chi connectivity index (χ2v) is 6.95. The number of benzene rings is 1. The SMILES string of the molecule is COc1ccccc1N(C)/N=C/c1ccc[n+](CCCS(=O)(=O)[O-])c1. The molecule has 7 nitrogen and oxygen atoms in total. The lowest BCUT2D eigenvalue weighted by Gasteiger charge is -2.15. The quantitative estimate of drug-likeness (QED) is 0.306. The van der Waals surface area contributed by atoms with Crippen molar-refractivity contribution in [3.63, 3.8) is 0 Å². The molecule has 25 heavy (non-hydrogen) atoms. The molecular formula is C17H21N3O4S. The van der Waals surface area contributed by atoms with Crippen LogP contribution in [0.25, 0.3) is 0 Å². The topological polar surface area (TPSA) is 85.9 Å². The largest absolute Gasteiger partial charge is 0.748 e. The van der Waals surface area contributed by atoms with Crippen molar-refractivity contribution in [3.05, 3.63) is 54.4 Å². The molecule has 0 atom stereocenters. The van der Waals surface area contributed by atoms with Gasteiger partial charge in [0.25, 0.3) is 0 Å². The van der Waals surface area contributed by atoms with Crippen LogP contribution in [0.3, 0.4) is 0 Å². The molecule has 0 aliphatic heterocycles. The maximum atomic E-state index is 10.7. The molecule has 0 aliphatic rings. The van der Waals surface area contributed by atoms with Gasteiger partial charge in [-0.05, 0) is 18.2 Å². The Morgan fingerprint density at radius 1 is 1.28 bits per heavy atom. The van der Waals surface area contributed by atoms with Gasteiger partial charge in [-0.1, -0.05) is 12.1 Å². The normalized spacial score (nSPS) is 11.6. The number of para-hydroxylation sites is 2. The summed E-state index contributed by atoms with van der Waals surface area (Å²) in [7, 11) is -0.738. The van der Waals surface area contributed by atoms with Crippen LogP contribution in [0.5, 0.6) is 5.75 Å². The predicted molar refractivity (Wildman–Crippen MR) is 94.8 cm³/mol. The van der Waals surface area contributed by atoms with Crippen molar-refractivity contribution in [2.75, 3.05) is 24.9 Å². The monoisotopic (exact) mass is 363 g/mol. The molecule has 0 aliphatic carbocycles. The molecule has 1 aromatic carbocycles. The molecule has 0 saturated carbocycles. The third-order valence-electron chi connectivity index (χ3n) is 3.51. The number of hydrogen-bond donors (Lipinski definition) is 0. The Balaban J connectivity index is 2.04. The Hall–Kier alpha value is -2.45. The van der Waals surface area contributed by atoms with Crippen molar-refractivity contribution >= 4 is 22.0 Å². The predicted octanol–water partition coefficient (Wildman–Crippen LogP) is 1.39. The van der Waals surface area contributed by atoms with Crippen molar-refractivity contribution in [2.45, 2.75) is 13.0 Å². The van der Waals surface area contributed by atoms with Gasteiger partial charge in [-0.2, -0.15) is 5.10 Å². The van der Waals surface area contributed by atoms with E-state index in [0.29, 0.717) is 6.54 Å². The van der Waals surface area contributed by atoms with E-state index in [1.165, 1.54) is 0 Å². The van der Waals surface area contributed by atoms with Crippen molar-refractivity contribution < 1.29 is 22.3 Å². The number of methoxy groups -OCH3 is 1. The molecule has 1 heterocycles. The van der Waals surface area contributed by atoms with E-state index in [9.17, 15) is 13.0 Å². The lowest BCUT2D eigenvalue weighted by molar-refractivity contribution is -0.696. The van der Waals surface area contributed by atoms with Crippen LogP contribution in [0.2, 0.25) is 0 Å². The number of nitrogens with zero attached hydrogens (tertiary/aromatic N) is 3. The van der Waals surface area contributed by atoms with Gasteiger partial charge in [-0.3, -0.25) is 5.01 Å². The van der Waals surface area contributed by atoms with Gasteiger partial charge in [0, 0.05) is 25.3 Å². The van der Waals surface area contributed by atoms with Crippen molar-refractivity contribution in [2.24, 2.45) is 5.10 Å². The Labute approximate surface area is 147 Å². The molecule has 0 unspecified atom stereocenters. The third-order valence-corrected chi connectivity index (χ3v) is 4.29. The zero-order chi connectivity index (χ0) is 18.3. The molecule has 0 spiro atoms. The summed E-state index contributed by atoms with van der Waals surface area (Å²) < 4.78 is 39.1. The number of pyridine rings is 1. The fraction of sp³-hybridized carbons (Fsp3) is 0.294. The fourth-order valence-electron chi connectivity index (χ4n) is 2.29. The third kappa shape index (κ3) is 6.17. The smallest absolute Gasteiger partial charge is 0.177 e. The number of rotatable bonds is 8. The minimum atomic E-state index is -4.17. The zero-order valence-corrected chi connectivity index (χ0v) is 15.0. The number of hydrogen-bond acceptors (Lipinski definition) is 6. The average Bonchev–Trinajstić information content (AvgIpc) is 2.59. The molecule has 8 heteroatoms. The first kappa shape index (κ1) is 18.9. The molecule has 2 aromatic rings. The van der Waals surface area contributed by atoms with Crippen LogP contribution in [-0.4, -0.2) is 39.1 Å². The average molecular weight is 363 g/mol. The highest BCUT2D eigenvalue weighted by Crippen LogP contribution is 2.26. The summed E-state index contributed by atoms with van der Waals surface area (Å²) >= 11 is 0. The summed E-state index contributed by atoms with van der Waals surface area (Å²) in [6.45, 7) is 0.450. The van der Waals surface area contributed by atoms with Gasteiger partial charge in [0.05, 0.1) is 29.0 Å². The Morgan fingerprint density at radius 2 is 2.04 bits per heavy atom. The highest BCUT2D eigenvalue weighted by Gasteiger charge is 2.06. The number of anilines is 1. The molecule has 134 valence electrons. The summed E-state index contributed by atoms with van der Waals surface area (Å²) in [5.41, 5.74) is 1.69. The number of aryl methyl sites for hydroxylation is 1. The highest BCUT2D eigenvalue weighted by molar-refractivity contribution is 7.85. The van der Waals surface area contributed by atoms with Crippen LogP contribution in [0.4, 0.5) is 5.69 Å². The second-order valence-electron chi connectivity index (χ2n) is 5.43. The number of aromatic nitrogens is 1. The summed E-state index contributed by atoms with van der Waals surface area (Å²) in [5, 5.41) is 6.11. The Morgan fingerprint density at radius 3 is 2.76 bits per heavy atom. The van der Waals surface area contributed by atoms with Crippen LogP contribution in [0, 0.1) is 0 Å². The van der Waals surface area contributed by atoms with Gasteiger partial charge in [-0.25, -0.2) is 13.0 Å². The first-order valence-electron chi connectivity index (χ1n) is 7.72. The van der Waals surface area contributed by atoms with E-state index >= 15 is 0 Å². The molecule has 0 amide bonds. The first-order chi connectivity index (χ1) is 11.9. The molecule has 0 radical (unpaired) electrons. The number of hydrazone groups is 1. The van der Waals surface area contributed by atoms with Crippen LogP contribution in [-0.2, 0) is 16.7 Å². The second kappa shape index (κ2) is 8.59. The summed E-state index contributed by atoms with van der Waals surface area (Å²) in [6, 6.07) is 11.3. The van der Waals surface area contributed by atoms with E-state index in [0.717, 1.165) is 17.0 Å². The first-order valence-corrected chi connectivity index (χ1v) is 9.30. The van der Waals surface area contributed by atoms with Crippen LogP contribution in [0.15, 0.2) is 53.9 Å². The van der Waals surface area contributed by atoms with Crippen LogP contribution in [0.1, 0.15) is 12.0 Å². The molecule has 0 fully saturated rings. The zero-order valence-electron chi connectivity index (χ0n) is 14.2. The van der Waals surface area contributed by atoms with Gasteiger partial charge in [0.1, 0.15) is 18.0 Å². The van der Waals surface area contributed by atoms with Gasteiger partial charge in [-0.15, -0.1) is 0 Å². The van der Waals surface area contributed by atoms with Gasteiger partial charge < -0.3 is 9.29 Å². The van der Waals surface area contributed by atoms with Crippen LogP contribution < -0.4 is 14.3 Å². The highest BCUT2D eigenvalue weighted by atomic mass is 32.2. The standard InChI is InChI=1S/C17H21N3O4S/c1-19(16-8-3-4-9-17(16)24-2)18-13-15-7-5-10-20(14-15)11-6-12-25(21,22)23/h3-5,7-10,13-14H,6,11-12H2,1-2H3/b18-13+. The summed E-state index contributed by atoms with van der Waals surface area (Å²) in [4.78, 5) is 0. The molecule has 0 N–H and O–H groups in total. The Kier molecular flexibility index (Phi) is 6.49. The maximum Gasteiger partial charge on any atom is 0.177 e. The van der Waals surface area contributed by atoms with Crippen LogP contribution >= 0.6 is 0 Å². The van der Waals surface area contributed by atoms with Gasteiger partial charge in [0.2, 0.25) is 0 Å². The molecule has 2 rings (SSSR count). The summed E-state index contributed by atoms with van der Waals surface area (Å²) in [6.07, 6.45) is 5.64. The lowest BCUT2D eigenvalue weighted by atomic mass is 10.3. The minimum absolute atomic E-state index is 0.276. The Bertz CT molecular complexity index is 837. The summed E-state index contributed by atoms with van der Waals surface area (Å²) in [5.74, 6) is 0.360. The maximum absolute atomic E-state index is 10.7. The van der Waals surface area contributed by atoms with Crippen molar-refractivity contribution in [1.82, 2.24) is 0 Å². The van der Waals surface area contributed by atoms with E-state index in [4.69, 9.17) is 4.74 Å². The van der Waals surface area contributed by atoms with Crippen molar-refractivity contribution in [3.8, 4) is 5.75 Å². The van der Waals surface area contributed by atoms with Gasteiger partial charge >= 0.3 is 0 Å². The van der Waals surface area contributed by atoms with E-state index in [1.54, 1.807) is 18.3 Å². The molecule has 1 aromatic heterocycles. The molecular weight excluding hydrogens is 342 g/mol. The van der Waals surface area contributed by atoms with E-state index < -0.39 is 10.1 Å².